The number of hydrogen-bond acceptors (Lipinski definition) is 37. The number of nitrogen functional groups attached to an aromatic ring is 1. The van der Waals surface area contributed by atoms with Gasteiger partial charge in [0.2, 0.25) is 11.8 Å². The Hall–Kier alpha value is -17.7. The standard InChI is InChI=1S/C15H12ClN7O2.C15H10ClN7O.C15H10ClN7S.C15H12ClN5O2.C14H12ClN3O3.C13H10ClN7O.C4H6O3.CH4.H2N2.H2O.H2/c1-8(24)19-20-15(25)14-13-5-10-6-18-21-23(10)12-4-9(16)2-3-11(12)22(13)7-17-14;2*1-8-19-20-15(24-8)14-13-5-10-6-18-21-23(10)12-4-9(16)2-3-11(12)22(13)7-17-14;1-2-23-15(22)14-13-6-10-7-18-19-21(10)12-5-9(16)3-4-11(12)20(13)8-17-14;1-2-21-14(20)13-12-7-10(19)5-8-3-4-9(15)6-11(8)18(12)17-16-13;14-7-1-2-9-10(3-7)21-8(5-17-19-21)4-11-12(13(22)18-15)16-6-20(9)11;1-3(5)7-4(2)6;;1-2;;/h2-4,6-7H,5H2,1H3,(H,19,24)(H,20,25);2*2-4,6-7H,5H2,1H3;3-5,7-8H,2,6H2,1H3;3-4,6H,2,5,7H2,1H3;1-3,5-6H,4,15H2,(H,18,22);1-2H3;1H4;1-2H;1H2;1H. The fourth-order valence-electron chi connectivity index (χ4n) is 16.6. The quantitative estimate of drug-likeness (QED) is 0.0156. The van der Waals surface area contributed by atoms with Crippen LogP contribution < -0.4 is 22.1 Å². The number of carbonyl (C=O) groups excluding carboxylic acids is 8. The maximum Gasteiger partial charge on any atom is 0.360 e. The average Bonchev–Trinajstić information content (AvgIpc) is 1.65. The van der Waals surface area contributed by atoms with E-state index in [1.54, 1.807) is 144 Å². The van der Waals surface area contributed by atoms with Crippen molar-refractivity contribution in [1.29, 1.82) is 11.1 Å². The van der Waals surface area contributed by atoms with Crippen molar-refractivity contribution in [3.63, 3.8) is 0 Å². The van der Waals surface area contributed by atoms with Gasteiger partial charge in [-0.25, -0.2) is 79.5 Å². The number of ketones is 1. The normalized spacial score (nSPS) is 11.8. The highest BCUT2D eigenvalue weighted by Crippen LogP contribution is 2.40. The maximum atomic E-state index is 12.3. The molecule has 150 heavy (non-hydrogen) atoms. The number of benzene rings is 6. The summed E-state index contributed by atoms with van der Waals surface area (Å²) in [6.45, 7) is 11.4. The summed E-state index contributed by atoms with van der Waals surface area (Å²) in [6, 6.07) is 32.8. The molecule has 0 fully saturated rings. The lowest BCUT2D eigenvalue weighted by atomic mass is 10.1. The summed E-state index contributed by atoms with van der Waals surface area (Å²) in [5, 5.41) is 70.2. The highest BCUT2D eigenvalue weighted by atomic mass is 35.5. The number of aryl methyl sites for hydroxylation is 2. The molecule has 766 valence electrons. The van der Waals surface area contributed by atoms with Crippen LogP contribution in [-0.4, -0.2) is 224 Å². The van der Waals surface area contributed by atoms with Crippen LogP contribution >= 0.6 is 80.9 Å². The van der Waals surface area contributed by atoms with Crippen LogP contribution in [0.15, 0.2) is 176 Å². The Morgan fingerprint density at radius 2 is 0.767 bits per heavy atom. The topological polar surface area (TPSA) is 644 Å². The number of Topliss-reactive ketones (excluding diaryl/α,β-unsaturated/α-hetero) is 1. The zero-order valence-electron chi connectivity index (χ0n) is 78.5. The van der Waals surface area contributed by atoms with Gasteiger partial charge in [0.1, 0.15) is 53.8 Å². The SMILES string of the molecule is C.CC(=O)NNC(=O)c1ncn2c1Cc1cnnn1-c1cc(Cl)ccc1-2.CC(=O)OC(C)=O.CCOC(=O)c1ncn2c1Cc1cnnn1-c1cc(Cl)ccc1-2.CCOC(=O)c1nnn2c1CC(=O)Cc1ccc(Cl)cc1-2.Cc1nnc(-c2ncn3c2Cc2cnnn2-c2cc(Cl)ccc2-3)o1.Cc1nnc(-c2ncn3c2Cc2cnnn2-c2cc(Cl)ccc2-3)s1.N=N.NNC(=O)c1ncn2c1Cc1cnnn1-c1cc(Cl)ccc1-2.O.[HH]. The van der Waals surface area contributed by atoms with Crippen LogP contribution in [0.2, 0.25) is 30.1 Å². The van der Waals surface area contributed by atoms with Gasteiger partial charge in [0, 0.05) is 97.8 Å². The number of ether oxygens (including phenoxy) is 3. The second kappa shape index (κ2) is 45.1. The van der Waals surface area contributed by atoms with Crippen LogP contribution in [0.4, 0.5) is 0 Å². The van der Waals surface area contributed by atoms with Crippen molar-refractivity contribution in [3.8, 4) is 84.8 Å². The predicted octanol–water partition coefficient (Wildman–Crippen LogP) is 11.3. The van der Waals surface area contributed by atoms with E-state index in [4.69, 9.17) is 100 Å². The van der Waals surface area contributed by atoms with Crippen LogP contribution in [0, 0.1) is 24.9 Å². The first-order valence-electron chi connectivity index (χ1n) is 44.1. The molecule has 0 radical (unpaired) electrons. The fourth-order valence-corrected chi connectivity index (χ4v) is 18.3. The number of amides is 3. The molecular formula is C92H82Cl6N38O13S. The van der Waals surface area contributed by atoms with Crippen LogP contribution in [0.3, 0.4) is 0 Å². The van der Waals surface area contributed by atoms with Crippen molar-refractivity contribution < 1.29 is 63.9 Å². The van der Waals surface area contributed by atoms with E-state index in [0.717, 1.165) is 124 Å². The van der Waals surface area contributed by atoms with Crippen molar-refractivity contribution in [2.75, 3.05) is 13.2 Å². The van der Waals surface area contributed by atoms with E-state index in [9.17, 15) is 38.4 Å². The molecule has 58 heteroatoms. The van der Waals surface area contributed by atoms with Gasteiger partial charge in [0.05, 0.1) is 176 Å². The van der Waals surface area contributed by atoms with Gasteiger partial charge in [0.15, 0.2) is 27.8 Å². The first kappa shape index (κ1) is 105. The fraction of sp³-hybridized carbons (Fsp3) is 0.185. The van der Waals surface area contributed by atoms with E-state index >= 15 is 0 Å². The smallest absolute Gasteiger partial charge is 0.360 e. The summed E-state index contributed by atoms with van der Waals surface area (Å²) in [6.07, 6.45) is 19.7. The van der Waals surface area contributed by atoms with Crippen LogP contribution in [-0.2, 0) is 78.3 Å². The van der Waals surface area contributed by atoms with Gasteiger partial charge >= 0.3 is 23.9 Å². The number of imidazole rings is 5. The lowest BCUT2D eigenvalue weighted by molar-refractivity contribution is -0.156. The summed E-state index contributed by atoms with van der Waals surface area (Å²) in [5.41, 5.74) is 37.8. The Bertz CT molecular complexity index is 8250. The molecule has 19 heterocycles. The maximum absolute atomic E-state index is 12.3. The van der Waals surface area contributed by atoms with Crippen LogP contribution in [0.1, 0.15) is 165 Å². The number of hydrazine groups is 2. The molecule has 6 aliphatic heterocycles. The Balaban J connectivity index is 0.000000133. The number of carbonyl (C=O) groups is 8. The van der Waals surface area contributed by atoms with E-state index in [1.165, 1.54) is 36.8 Å². The van der Waals surface area contributed by atoms with E-state index in [0.29, 0.717) is 115 Å². The first-order valence-corrected chi connectivity index (χ1v) is 47.2. The average molecular weight is 2170 g/mol. The summed E-state index contributed by atoms with van der Waals surface area (Å²) < 4.78 is 39.4. The number of rotatable bonds is 8. The van der Waals surface area contributed by atoms with Gasteiger partial charge in [-0.1, -0.05) is 126 Å². The first-order chi connectivity index (χ1) is 71.5. The zero-order valence-corrected chi connectivity index (χ0v) is 83.8. The van der Waals surface area contributed by atoms with Crippen LogP contribution in [0.5, 0.6) is 0 Å². The number of esters is 4. The number of hydrogen-bond donors (Lipinski definition) is 6. The van der Waals surface area contributed by atoms with Gasteiger partial charge < -0.3 is 24.1 Å². The second-order valence-corrected chi connectivity index (χ2v) is 35.9. The van der Waals surface area contributed by atoms with E-state index in [1.807, 2.05) is 96.9 Å². The summed E-state index contributed by atoms with van der Waals surface area (Å²) in [5.74, 6) is 2.68. The van der Waals surface area contributed by atoms with Crippen molar-refractivity contribution in [2.24, 2.45) is 5.84 Å². The number of nitrogens with zero attached hydrogens (tertiary/aromatic N) is 32. The van der Waals surface area contributed by atoms with Gasteiger partial charge in [-0.15, -0.1) is 51.0 Å². The third-order valence-corrected chi connectivity index (χ3v) is 24.9. The highest BCUT2D eigenvalue weighted by molar-refractivity contribution is 7.14. The Labute approximate surface area is 880 Å². The largest absolute Gasteiger partial charge is 0.461 e. The monoisotopic (exact) mass is 2170 g/mol. The minimum Gasteiger partial charge on any atom is -0.461 e. The molecule has 0 atom stereocenters. The molecular weight excluding hydrogens is 2090 g/mol. The lowest BCUT2D eigenvalue weighted by Crippen LogP contribution is -2.40. The van der Waals surface area contributed by atoms with Crippen molar-refractivity contribution in [3.05, 3.63) is 304 Å². The van der Waals surface area contributed by atoms with Gasteiger partial charge in [-0.05, 0) is 129 Å². The summed E-state index contributed by atoms with van der Waals surface area (Å²) in [7, 11) is 0. The molecule has 6 aliphatic rings. The number of fused-ring (bicyclic) bond motifs is 28. The Morgan fingerprint density at radius 3 is 1.14 bits per heavy atom. The van der Waals surface area contributed by atoms with Crippen molar-refractivity contribution in [2.45, 2.75) is 101 Å². The summed E-state index contributed by atoms with van der Waals surface area (Å²) >= 11 is 38.3. The molecule has 0 saturated heterocycles. The van der Waals surface area contributed by atoms with E-state index in [-0.39, 0.29) is 62.6 Å². The molecule has 9 N–H and O–H groups in total. The minimum absolute atomic E-state index is 0. The van der Waals surface area contributed by atoms with Gasteiger partial charge in [-0.2, -0.15) is 0 Å². The zero-order chi connectivity index (χ0) is 104. The third-order valence-electron chi connectivity index (χ3n) is 22.7. The molecule has 3 amide bonds. The molecule has 25 rings (SSSR count). The lowest BCUT2D eigenvalue weighted by Gasteiger charge is -2.10. The molecule has 0 unspecified atom stereocenters. The molecule has 0 saturated carbocycles. The molecule has 51 nitrogen and oxygen atoms in total. The number of nitrogens with two attached hydrogens (primary N) is 1. The number of aromatic nitrogens is 32. The third kappa shape index (κ3) is 21.4. The second-order valence-electron chi connectivity index (χ2n) is 32.1. The Morgan fingerprint density at radius 1 is 0.407 bits per heavy atom. The van der Waals surface area contributed by atoms with E-state index < -0.39 is 35.7 Å². The molecule has 6 aromatic carbocycles. The van der Waals surface area contributed by atoms with Crippen molar-refractivity contribution in [1.82, 2.24) is 174 Å². The van der Waals surface area contributed by atoms with E-state index in [2.05, 4.69) is 133 Å². The minimum atomic E-state index is -0.572. The molecule has 0 spiro atoms. The molecule has 19 aromatic rings. The molecule has 0 aliphatic carbocycles. The van der Waals surface area contributed by atoms with Gasteiger partial charge in [0.25, 0.3) is 17.7 Å². The molecule has 13 aromatic heterocycles. The molecule has 0 bridgehead atoms. The highest BCUT2D eigenvalue weighted by Gasteiger charge is 2.35. The Kier molecular flexibility index (Phi) is 31.6. The van der Waals surface area contributed by atoms with Gasteiger partial charge in [-0.3, -0.25) is 67.9 Å². The number of nitrogens with one attached hydrogen (secondary N) is 5. The van der Waals surface area contributed by atoms with Crippen molar-refractivity contribution >= 4 is 128 Å². The summed E-state index contributed by atoms with van der Waals surface area (Å²) in [4.78, 5) is 113. The predicted molar refractivity (Wildman–Crippen MR) is 537 cm³/mol. The number of halogens is 6. The van der Waals surface area contributed by atoms with Crippen LogP contribution in [0.25, 0.3) is 84.8 Å².